The zero-order valence-electron chi connectivity index (χ0n) is 10.5. The van der Waals surface area contributed by atoms with Gasteiger partial charge in [-0.3, -0.25) is 4.99 Å². The van der Waals surface area contributed by atoms with E-state index in [9.17, 15) is 0 Å². The molecule has 0 amide bonds. The summed E-state index contributed by atoms with van der Waals surface area (Å²) in [5.74, 6) is 0. The van der Waals surface area contributed by atoms with Gasteiger partial charge in [-0.2, -0.15) is 0 Å². The normalized spacial score (nSPS) is 18.2. The molecule has 0 bridgehead atoms. The third-order valence-corrected chi connectivity index (χ3v) is 3.51. The Morgan fingerprint density at radius 1 is 0.947 bits per heavy atom. The van der Waals surface area contributed by atoms with Crippen LogP contribution in [-0.2, 0) is 0 Å². The van der Waals surface area contributed by atoms with Crippen LogP contribution in [0.3, 0.4) is 0 Å². The SMILES string of the molecule is Clc1ccc(C2=NC(c3ccccc3)CC=C2)cc1. The van der Waals surface area contributed by atoms with Crippen molar-refractivity contribution in [3.8, 4) is 0 Å². The molecule has 0 aromatic heterocycles. The third-order valence-electron chi connectivity index (χ3n) is 3.25. The molecule has 0 N–H and O–H groups in total. The van der Waals surface area contributed by atoms with Crippen LogP contribution in [0, 0.1) is 0 Å². The fourth-order valence-electron chi connectivity index (χ4n) is 2.25. The van der Waals surface area contributed by atoms with Gasteiger partial charge in [-0.05, 0) is 35.8 Å². The second-order valence-corrected chi connectivity index (χ2v) is 5.02. The van der Waals surface area contributed by atoms with Crippen LogP contribution < -0.4 is 0 Å². The quantitative estimate of drug-likeness (QED) is 0.739. The molecule has 0 spiro atoms. The van der Waals surface area contributed by atoms with Crippen molar-refractivity contribution in [2.75, 3.05) is 0 Å². The summed E-state index contributed by atoms with van der Waals surface area (Å²) in [6, 6.07) is 18.5. The number of benzene rings is 2. The molecule has 1 unspecified atom stereocenters. The first-order valence-corrected chi connectivity index (χ1v) is 6.76. The second-order valence-electron chi connectivity index (χ2n) is 4.59. The summed E-state index contributed by atoms with van der Waals surface area (Å²) in [4.78, 5) is 4.84. The number of allylic oxidation sites excluding steroid dienone is 1. The van der Waals surface area contributed by atoms with Gasteiger partial charge in [0.15, 0.2) is 0 Å². The lowest BCUT2D eigenvalue weighted by atomic mass is 9.99. The Balaban J connectivity index is 1.92. The Labute approximate surface area is 118 Å². The van der Waals surface area contributed by atoms with E-state index in [1.807, 2.05) is 30.3 Å². The fourth-order valence-corrected chi connectivity index (χ4v) is 2.38. The van der Waals surface area contributed by atoms with Crippen molar-refractivity contribution in [3.05, 3.63) is 82.9 Å². The highest BCUT2D eigenvalue weighted by Gasteiger charge is 2.13. The minimum atomic E-state index is 0.219. The van der Waals surface area contributed by atoms with Crippen molar-refractivity contribution >= 4 is 17.3 Å². The first kappa shape index (κ1) is 12.2. The van der Waals surface area contributed by atoms with E-state index in [0.717, 1.165) is 22.7 Å². The number of nitrogens with zero attached hydrogens (tertiary/aromatic N) is 1. The van der Waals surface area contributed by atoms with Gasteiger partial charge in [0.05, 0.1) is 11.8 Å². The van der Waals surface area contributed by atoms with Crippen molar-refractivity contribution in [3.63, 3.8) is 0 Å². The summed E-state index contributed by atoms with van der Waals surface area (Å²) in [7, 11) is 0. The molecule has 0 fully saturated rings. The van der Waals surface area contributed by atoms with Crippen molar-refractivity contribution in [2.45, 2.75) is 12.5 Å². The summed E-state index contributed by atoms with van der Waals surface area (Å²) in [6.07, 6.45) is 5.23. The van der Waals surface area contributed by atoms with Gasteiger partial charge in [0.25, 0.3) is 0 Å². The molecular formula is C17H14ClN. The van der Waals surface area contributed by atoms with Crippen molar-refractivity contribution in [1.82, 2.24) is 0 Å². The van der Waals surface area contributed by atoms with Crippen LogP contribution in [0.4, 0.5) is 0 Å². The molecule has 2 heteroatoms. The molecule has 1 nitrogen and oxygen atoms in total. The number of hydrogen-bond acceptors (Lipinski definition) is 1. The van der Waals surface area contributed by atoms with E-state index in [4.69, 9.17) is 16.6 Å². The lowest BCUT2D eigenvalue weighted by Crippen LogP contribution is -2.06. The van der Waals surface area contributed by atoms with Crippen LogP contribution in [0.5, 0.6) is 0 Å². The maximum atomic E-state index is 5.92. The van der Waals surface area contributed by atoms with Crippen LogP contribution >= 0.6 is 11.6 Å². The van der Waals surface area contributed by atoms with Crippen LogP contribution in [-0.4, -0.2) is 5.71 Å². The predicted octanol–water partition coefficient (Wildman–Crippen LogP) is 4.83. The lowest BCUT2D eigenvalue weighted by molar-refractivity contribution is 0.737. The van der Waals surface area contributed by atoms with E-state index in [0.29, 0.717) is 0 Å². The molecule has 1 aliphatic rings. The highest BCUT2D eigenvalue weighted by atomic mass is 35.5. The van der Waals surface area contributed by atoms with Gasteiger partial charge in [-0.1, -0.05) is 60.1 Å². The van der Waals surface area contributed by atoms with E-state index in [-0.39, 0.29) is 6.04 Å². The van der Waals surface area contributed by atoms with Gasteiger partial charge >= 0.3 is 0 Å². The largest absolute Gasteiger partial charge is 0.276 e. The van der Waals surface area contributed by atoms with Gasteiger partial charge in [0.2, 0.25) is 0 Å². The van der Waals surface area contributed by atoms with E-state index in [1.165, 1.54) is 5.56 Å². The Morgan fingerprint density at radius 2 is 1.68 bits per heavy atom. The molecule has 1 atom stereocenters. The van der Waals surface area contributed by atoms with Crippen molar-refractivity contribution in [2.24, 2.45) is 4.99 Å². The van der Waals surface area contributed by atoms with E-state index >= 15 is 0 Å². The van der Waals surface area contributed by atoms with Gasteiger partial charge in [-0.25, -0.2) is 0 Å². The van der Waals surface area contributed by atoms with E-state index in [1.54, 1.807) is 0 Å². The average molecular weight is 268 g/mol. The number of dihydropyridines is 1. The molecular weight excluding hydrogens is 254 g/mol. The van der Waals surface area contributed by atoms with Gasteiger partial charge in [-0.15, -0.1) is 0 Å². The molecule has 0 saturated carbocycles. The van der Waals surface area contributed by atoms with Gasteiger partial charge in [0, 0.05) is 5.02 Å². The number of aliphatic imine (C=N–C) groups is 1. The minimum absolute atomic E-state index is 0.219. The van der Waals surface area contributed by atoms with Gasteiger partial charge < -0.3 is 0 Å². The highest BCUT2D eigenvalue weighted by molar-refractivity contribution is 6.30. The van der Waals surface area contributed by atoms with Gasteiger partial charge in [0.1, 0.15) is 0 Å². The molecule has 2 aromatic carbocycles. The average Bonchev–Trinajstić information content (AvgIpc) is 2.49. The predicted molar refractivity (Wildman–Crippen MR) is 80.9 cm³/mol. The maximum Gasteiger partial charge on any atom is 0.0790 e. The van der Waals surface area contributed by atoms with Crippen LogP contribution in [0.15, 0.2) is 71.7 Å². The van der Waals surface area contributed by atoms with Crippen molar-refractivity contribution in [1.29, 1.82) is 0 Å². The zero-order valence-corrected chi connectivity index (χ0v) is 11.2. The van der Waals surface area contributed by atoms with Crippen LogP contribution in [0.25, 0.3) is 0 Å². The number of rotatable bonds is 2. The molecule has 0 saturated heterocycles. The smallest absolute Gasteiger partial charge is 0.0790 e. The van der Waals surface area contributed by atoms with Crippen LogP contribution in [0.1, 0.15) is 23.6 Å². The molecule has 19 heavy (non-hydrogen) atoms. The Hall–Kier alpha value is -1.86. The van der Waals surface area contributed by atoms with Crippen molar-refractivity contribution < 1.29 is 0 Å². The molecule has 0 aliphatic carbocycles. The Bertz CT molecular complexity index is 611. The molecule has 1 aliphatic heterocycles. The Morgan fingerprint density at radius 3 is 2.42 bits per heavy atom. The Kier molecular flexibility index (Phi) is 3.47. The summed E-state index contributed by atoms with van der Waals surface area (Å²) in [5.41, 5.74) is 3.40. The highest BCUT2D eigenvalue weighted by Crippen LogP contribution is 2.26. The second kappa shape index (κ2) is 5.41. The summed E-state index contributed by atoms with van der Waals surface area (Å²) < 4.78 is 0. The fraction of sp³-hybridized carbons (Fsp3) is 0.118. The lowest BCUT2D eigenvalue weighted by Gasteiger charge is -2.16. The summed E-state index contributed by atoms with van der Waals surface area (Å²) in [6.45, 7) is 0. The molecule has 1 heterocycles. The topological polar surface area (TPSA) is 12.4 Å². The summed E-state index contributed by atoms with van der Waals surface area (Å²) >= 11 is 5.92. The zero-order chi connectivity index (χ0) is 13.1. The first-order valence-electron chi connectivity index (χ1n) is 6.38. The monoisotopic (exact) mass is 267 g/mol. The third kappa shape index (κ3) is 2.77. The van der Waals surface area contributed by atoms with E-state index in [2.05, 4.69) is 36.4 Å². The van der Waals surface area contributed by atoms with Crippen LogP contribution in [0.2, 0.25) is 5.02 Å². The molecule has 2 aromatic rings. The first-order chi connectivity index (χ1) is 9.33. The number of halogens is 1. The number of hydrogen-bond donors (Lipinski definition) is 0. The minimum Gasteiger partial charge on any atom is -0.276 e. The molecule has 0 radical (unpaired) electrons. The molecule has 94 valence electrons. The van der Waals surface area contributed by atoms with E-state index < -0.39 is 0 Å². The summed E-state index contributed by atoms with van der Waals surface area (Å²) in [5, 5.41) is 0.753. The standard InChI is InChI=1S/C17H14ClN/c18-15-11-9-14(10-12-15)17-8-4-7-16(19-17)13-5-2-1-3-6-13/h1-6,8-12,16H,7H2. The maximum absolute atomic E-state index is 5.92. The molecule has 3 rings (SSSR count).